The van der Waals surface area contributed by atoms with Gasteiger partial charge >= 0.3 is 119 Å². The molecule has 0 aromatic heterocycles. The topological polar surface area (TPSA) is 121 Å². The van der Waals surface area contributed by atoms with Gasteiger partial charge in [0.2, 0.25) is 0 Å². The van der Waals surface area contributed by atoms with Gasteiger partial charge in [0, 0.05) is 0 Å². The Hall–Kier alpha value is -0.431. The van der Waals surface area contributed by atoms with E-state index in [1.165, 1.54) is 11.0 Å². The summed E-state index contributed by atoms with van der Waals surface area (Å²) in [5, 5.41) is 17.6. The summed E-state index contributed by atoms with van der Waals surface area (Å²) in [5.74, 6) is -2.02. The van der Waals surface area contributed by atoms with Gasteiger partial charge in [-0.1, -0.05) is 0 Å². The van der Waals surface area contributed by atoms with Crippen molar-refractivity contribution in [3.8, 4) is 0 Å². The first-order chi connectivity index (χ1) is 8.29. The Labute approximate surface area is 119 Å². The Morgan fingerprint density at radius 2 is 1.94 bits per heavy atom. The van der Waals surface area contributed by atoms with E-state index in [1.807, 2.05) is 0 Å². The van der Waals surface area contributed by atoms with Crippen LogP contribution in [0.3, 0.4) is 0 Å². The van der Waals surface area contributed by atoms with E-state index in [4.69, 9.17) is 15.9 Å². The summed E-state index contributed by atoms with van der Waals surface area (Å²) in [6, 6.07) is -1.61. The van der Waals surface area contributed by atoms with E-state index in [0.717, 1.165) is 0 Å². The molecule has 0 aliphatic heterocycles. The zero-order valence-electron chi connectivity index (χ0n) is 9.74. The van der Waals surface area contributed by atoms with Crippen LogP contribution in [0.1, 0.15) is 12.8 Å². The summed E-state index contributed by atoms with van der Waals surface area (Å²) in [7, 11) is 1.54. The minimum absolute atomic E-state index is 0.0692. The van der Waals surface area contributed by atoms with Crippen molar-refractivity contribution in [1.82, 2.24) is 3.92 Å². The number of carbonyl (C=O) groups is 3. The number of nitrogens with zero attached hydrogens (tertiary/aromatic N) is 1. The van der Waals surface area contributed by atoms with Crippen molar-refractivity contribution in [3.05, 3.63) is 0 Å². The number of carboxylic acid groups (broad SMARTS) is 2. The van der Waals surface area contributed by atoms with Gasteiger partial charge in [-0.2, -0.15) is 0 Å². The summed E-state index contributed by atoms with van der Waals surface area (Å²) < 4.78 is 1.14. The fourth-order valence-electron chi connectivity index (χ4n) is 1.00. The van der Waals surface area contributed by atoms with Crippen LogP contribution in [0.25, 0.3) is 0 Å². The zero-order valence-corrected chi connectivity index (χ0v) is 13.2. The van der Waals surface area contributed by atoms with Crippen LogP contribution in [0.15, 0.2) is 0 Å². The van der Waals surface area contributed by atoms with Gasteiger partial charge in [0.1, 0.15) is 0 Å². The molecule has 0 heterocycles. The van der Waals surface area contributed by atoms with E-state index in [2.05, 4.69) is 16.0 Å². The van der Waals surface area contributed by atoms with Crippen LogP contribution < -0.4 is 5.73 Å². The molecule has 2 atom stereocenters. The minimum atomic E-state index is -1.01. The van der Waals surface area contributed by atoms with E-state index in [0.29, 0.717) is 0 Å². The standard InChI is InChI=1S/C9H15N2O5Se2/c1-11(6(4-17)8(14)15)18-9(16)5(10)2-3-7(12)13/h5-6H,2-4,10H2,1H3,(H,12,13)(H,14,15)/t5-,6-/m0/s1. The van der Waals surface area contributed by atoms with Crippen LogP contribution in [0.2, 0.25) is 5.32 Å². The average molecular weight is 389 g/mol. The molecule has 9 heteroatoms. The number of likely N-dealkylation sites (N-methyl/N-ethyl adjacent to an activating group) is 1. The molecule has 0 aliphatic rings. The molecule has 0 unspecified atom stereocenters. The van der Waals surface area contributed by atoms with Crippen molar-refractivity contribution in [2.75, 3.05) is 7.05 Å². The summed E-state index contributed by atoms with van der Waals surface area (Å²) in [6.45, 7) is 0. The third-order valence-electron chi connectivity index (χ3n) is 2.09. The first-order valence-electron chi connectivity index (χ1n) is 5.02. The average Bonchev–Trinajstić information content (AvgIpc) is 2.25. The molecule has 0 saturated heterocycles. The fourth-order valence-corrected chi connectivity index (χ4v) is 3.99. The van der Waals surface area contributed by atoms with E-state index >= 15 is 0 Å². The Morgan fingerprint density at radius 3 is 2.33 bits per heavy atom. The van der Waals surface area contributed by atoms with Gasteiger partial charge in [-0.15, -0.1) is 0 Å². The van der Waals surface area contributed by atoms with Gasteiger partial charge in [0.25, 0.3) is 0 Å². The van der Waals surface area contributed by atoms with Crippen LogP contribution in [0.4, 0.5) is 0 Å². The van der Waals surface area contributed by atoms with Crippen LogP contribution in [0, 0.1) is 0 Å². The van der Waals surface area contributed by atoms with Gasteiger partial charge in [0.05, 0.1) is 0 Å². The quantitative estimate of drug-likeness (QED) is 0.402. The molecular formula is C9H15N2O5Se2. The number of carboxylic acids is 2. The maximum atomic E-state index is 11.7. The van der Waals surface area contributed by atoms with Crippen molar-refractivity contribution in [2.45, 2.75) is 30.2 Å². The first kappa shape index (κ1) is 17.6. The van der Waals surface area contributed by atoms with E-state index in [-0.39, 0.29) is 22.8 Å². The van der Waals surface area contributed by atoms with E-state index in [9.17, 15) is 14.4 Å². The number of rotatable bonds is 9. The van der Waals surface area contributed by atoms with Gasteiger partial charge < -0.3 is 0 Å². The predicted octanol–water partition coefficient (Wildman–Crippen LogP) is -1.70. The Bertz CT molecular complexity index is 326. The monoisotopic (exact) mass is 391 g/mol. The van der Waals surface area contributed by atoms with Crippen molar-refractivity contribution in [2.24, 2.45) is 5.73 Å². The van der Waals surface area contributed by atoms with Gasteiger partial charge in [-0.25, -0.2) is 0 Å². The van der Waals surface area contributed by atoms with Crippen molar-refractivity contribution in [1.29, 1.82) is 0 Å². The number of carbonyl (C=O) groups excluding carboxylic acids is 1. The molecule has 0 bridgehead atoms. The SMILES string of the molecule is CN([Se]C(=O)[C@@H](N)CCC(=O)O)[C@@H](C[Se])C(=O)O. The molecule has 0 spiro atoms. The van der Waals surface area contributed by atoms with E-state index < -0.39 is 39.2 Å². The third kappa shape index (κ3) is 6.49. The molecule has 0 aromatic rings. The summed E-state index contributed by atoms with van der Waals surface area (Å²) in [5.41, 5.74) is 5.55. The number of nitrogens with two attached hydrogens (primary N) is 1. The van der Waals surface area contributed by atoms with Gasteiger partial charge in [-0.05, 0) is 0 Å². The second kappa shape index (κ2) is 8.63. The molecular weight excluding hydrogens is 374 g/mol. The Balaban J connectivity index is 4.28. The van der Waals surface area contributed by atoms with Crippen LogP contribution in [0.5, 0.6) is 0 Å². The molecule has 18 heavy (non-hydrogen) atoms. The van der Waals surface area contributed by atoms with E-state index in [1.54, 1.807) is 0 Å². The zero-order chi connectivity index (χ0) is 14.3. The molecule has 0 fully saturated rings. The third-order valence-corrected chi connectivity index (χ3v) is 4.90. The number of hydrogen-bond acceptors (Lipinski definition) is 5. The van der Waals surface area contributed by atoms with Crippen LogP contribution in [-0.4, -0.2) is 81.1 Å². The second-order valence-corrected chi connectivity index (χ2v) is 6.65. The summed E-state index contributed by atoms with van der Waals surface area (Å²) in [4.78, 5) is 32.9. The van der Waals surface area contributed by atoms with Gasteiger partial charge in [0.15, 0.2) is 0 Å². The summed E-state index contributed by atoms with van der Waals surface area (Å²) in [6.07, 6.45) is -0.101. The van der Waals surface area contributed by atoms with Crippen molar-refractivity contribution >= 4 is 47.8 Å². The number of aliphatic carboxylic acids is 2. The molecule has 1 radical (unpaired) electrons. The predicted molar refractivity (Wildman–Crippen MR) is 65.4 cm³/mol. The molecule has 0 rings (SSSR count). The fraction of sp³-hybridized carbons (Fsp3) is 0.667. The Kier molecular flexibility index (Phi) is 8.43. The first-order valence-corrected chi connectivity index (χ1v) is 7.86. The van der Waals surface area contributed by atoms with Gasteiger partial charge in [-0.3, -0.25) is 0 Å². The number of hydrogen-bond donors (Lipinski definition) is 3. The molecule has 0 amide bonds. The normalized spacial score (nSPS) is 14.2. The Morgan fingerprint density at radius 1 is 1.39 bits per heavy atom. The molecule has 0 aliphatic carbocycles. The summed E-state index contributed by atoms with van der Waals surface area (Å²) >= 11 is 1.90. The molecule has 0 saturated carbocycles. The molecule has 7 nitrogen and oxygen atoms in total. The van der Waals surface area contributed by atoms with Crippen LogP contribution in [-0.2, 0) is 14.4 Å². The van der Waals surface area contributed by atoms with Crippen molar-refractivity contribution in [3.63, 3.8) is 0 Å². The van der Waals surface area contributed by atoms with Crippen LogP contribution >= 0.6 is 0 Å². The second-order valence-electron chi connectivity index (χ2n) is 3.52. The molecule has 4 N–H and O–H groups in total. The van der Waals surface area contributed by atoms with Crippen molar-refractivity contribution < 1.29 is 24.6 Å². The maximum absolute atomic E-state index is 11.7. The molecule has 103 valence electrons. The molecule has 0 aromatic carbocycles.